The summed E-state index contributed by atoms with van der Waals surface area (Å²) in [5.41, 5.74) is -0.228. The van der Waals surface area contributed by atoms with E-state index in [0.717, 1.165) is 5.75 Å². The highest BCUT2D eigenvalue weighted by molar-refractivity contribution is 6.30. The van der Waals surface area contributed by atoms with Gasteiger partial charge in [0.2, 0.25) is 0 Å². The molecule has 0 radical (unpaired) electrons. The van der Waals surface area contributed by atoms with Gasteiger partial charge in [0.25, 0.3) is 0 Å². The summed E-state index contributed by atoms with van der Waals surface area (Å²) in [6.07, 6.45) is 3.02. The molecule has 7 heteroatoms. The Labute approximate surface area is 146 Å². The van der Waals surface area contributed by atoms with E-state index < -0.39 is 5.79 Å². The maximum atomic E-state index is 6.27. The molecule has 24 heavy (non-hydrogen) atoms. The van der Waals surface area contributed by atoms with Gasteiger partial charge >= 0.3 is 0 Å². The van der Waals surface area contributed by atoms with Gasteiger partial charge in [0.1, 0.15) is 31.1 Å². The first-order valence-electron chi connectivity index (χ1n) is 7.90. The minimum absolute atomic E-state index is 0.150. The average Bonchev–Trinajstić information content (AvgIpc) is 3.17. The molecule has 2 unspecified atom stereocenters. The number of halogens is 1. The zero-order chi connectivity index (χ0) is 17.2. The predicted octanol–water partition coefficient (Wildman–Crippen LogP) is 3.17. The molecule has 130 valence electrons. The molecule has 6 nitrogen and oxygen atoms in total. The predicted molar refractivity (Wildman–Crippen MR) is 90.0 cm³/mol. The fraction of sp³-hybridized carbons (Fsp3) is 0.529. The van der Waals surface area contributed by atoms with Gasteiger partial charge in [-0.3, -0.25) is 0 Å². The molecule has 3 rings (SSSR count). The molecule has 1 saturated heterocycles. The van der Waals surface area contributed by atoms with Crippen LogP contribution in [-0.4, -0.2) is 39.9 Å². The number of benzene rings is 1. The Bertz CT molecular complexity index is 655. The number of ether oxygens (including phenoxy) is 3. The van der Waals surface area contributed by atoms with Crippen LogP contribution in [0.3, 0.4) is 0 Å². The first-order valence-corrected chi connectivity index (χ1v) is 8.28. The van der Waals surface area contributed by atoms with E-state index in [1.54, 1.807) is 23.1 Å². The monoisotopic (exact) mass is 351 g/mol. The lowest BCUT2D eigenvalue weighted by molar-refractivity contribution is -0.242. The molecule has 0 spiro atoms. The minimum Gasteiger partial charge on any atom is -0.491 e. The van der Waals surface area contributed by atoms with Crippen molar-refractivity contribution < 1.29 is 14.2 Å². The minimum atomic E-state index is -0.769. The zero-order valence-corrected chi connectivity index (χ0v) is 14.9. The second kappa shape index (κ2) is 6.70. The van der Waals surface area contributed by atoms with Crippen LogP contribution in [0.2, 0.25) is 5.02 Å². The molecule has 1 aliphatic heterocycles. The maximum absolute atomic E-state index is 6.27. The van der Waals surface area contributed by atoms with Crippen LogP contribution >= 0.6 is 11.6 Å². The molecule has 0 bridgehead atoms. The zero-order valence-electron chi connectivity index (χ0n) is 14.1. The third-order valence-corrected chi connectivity index (χ3v) is 4.34. The number of hydrogen-bond donors (Lipinski definition) is 0. The molecule has 1 fully saturated rings. The van der Waals surface area contributed by atoms with Crippen molar-refractivity contribution in [2.45, 2.75) is 39.2 Å². The number of rotatable bonds is 5. The largest absolute Gasteiger partial charge is 0.491 e. The molecule has 2 atom stereocenters. The second-order valence-corrected chi connectivity index (χ2v) is 7.35. The lowest BCUT2D eigenvalue weighted by atomic mass is 9.85. The third-order valence-electron chi connectivity index (χ3n) is 4.09. The van der Waals surface area contributed by atoms with Gasteiger partial charge in [-0.2, -0.15) is 5.10 Å². The highest BCUT2D eigenvalue weighted by atomic mass is 35.5. The van der Waals surface area contributed by atoms with Gasteiger partial charge in [0.15, 0.2) is 5.79 Å². The van der Waals surface area contributed by atoms with E-state index >= 15 is 0 Å². The van der Waals surface area contributed by atoms with Gasteiger partial charge in [-0.1, -0.05) is 32.4 Å². The summed E-state index contributed by atoms with van der Waals surface area (Å²) in [5.74, 6) is -0.0121. The summed E-state index contributed by atoms with van der Waals surface area (Å²) >= 11 is 5.88. The summed E-state index contributed by atoms with van der Waals surface area (Å²) in [7, 11) is 0. The lowest BCUT2D eigenvalue weighted by Gasteiger charge is -2.39. The Morgan fingerprint density at radius 1 is 1.33 bits per heavy atom. The highest BCUT2D eigenvalue weighted by Gasteiger charge is 2.51. The molecule has 0 amide bonds. The molecule has 0 N–H and O–H groups in total. The molecule has 0 saturated carbocycles. The lowest BCUT2D eigenvalue weighted by Crippen LogP contribution is -2.48. The van der Waals surface area contributed by atoms with E-state index in [2.05, 4.69) is 30.9 Å². The van der Waals surface area contributed by atoms with Gasteiger partial charge in [0, 0.05) is 10.4 Å². The molecule has 0 aliphatic carbocycles. The van der Waals surface area contributed by atoms with Crippen molar-refractivity contribution in [3.8, 4) is 5.75 Å². The number of nitrogens with zero attached hydrogens (tertiary/aromatic N) is 3. The smallest absolute Gasteiger partial charge is 0.193 e. The molecular weight excluding hydrogens is 330 g/mol. The Morgan fingerprint density at radius 2 is 2.08 bits per heavy atom. The average molecular weight is 352 g/mol. The van der Waals surface area contributed by atoms with E-state index in [-0.39, 0.29) is 11.5 Å². The van der Waals surface area contributed by atoms with Crippen molar-refractivity contribution in [2.75, 3.05) is 13.2 Å². The fourth-order valence-corrected chi connectivity index (χ4v) is 2.73. The van der Waals surface area contributed by atoms with Gasteiger partial charge < -0.3 is 14.2 Å². The van der Waals surface area contributed by atoms with Crippen LogP contribution in [0.5, 0.6) is 5.75 Å². The van der Waals surface area contributed by atoms with Crippen molar-refractivity contribution in [1.29, 1.82) is 0 Å². The van der Waals surface area contributed by atoms with Crippen LogP contribution in [0, 0.1) is 5.41 Å². The van der Waals surface area contributed by atoms with E-state index in [1.807, 2.05) is 12.1 Å². The Morgan fingerprint density at radius 3 is 2.71 bits per heavy atom. The number of aromatic nitrogens is 3. The van der Waals surface area contributed by atoms with E-state index in [4.69, 9.17) is 25.8 Å². The van der Waals surface area contributed by atoms with Crippen LogP contribution in [0.4, 0.5) is 0 Å². The first-order chi connectivity index (χ1) is 11.4. The van der Waals surface area contributed by atoms with Crippen molar-refractivity contribution in [2.24, 2.45) is 5.41 Å². The molecule has 1 aromatic carbocycles. The third kappa shape index (κ3) is 3.71. The van der Waals surface area contributed by atoms with Gasteiger partial charge in [0.05, 0.1) is 13.2 Å². The van der Waals surface area contributed by atoms with Gasteiger partial charge in [-0.05, 0) is 24.3 Å². The first kappa shape index (κ1) is 17.2. The fourth-order valence-electron chi connectivity index (χ4n) is 2.61. The Balaban J connectivity index is 1.65. The van der Waals surface area contributed by atoms with E-state index in [0.29, 0.717) is 24.8 Å². The molecule has 1 aliphatic rings. The van der Waals surface area contributed by atoms with Crippen LogP contribution in [0.15, 0.2) is 36.9 Å². The van der Waals surface area contributed by atoms with Crippen LogP contribution < -0.4 is 4.74 Å². The summed E-state index contributed by atoms with van der Waals surface area (Å²) in [6, 6.07) is 7.27. The summed E-state index contributed by atoms with van der Waals surface area (Å²) in [4.78, 5) is 3.98. The number of hydrogen-bond acceptors (Lipinski definition) is 5. The Hall–Kier alpha value is -1.63. The second-order valence-electron chi connectivity index (χ2n) is 6.91. The van der Waals surface area contributed by atoms with Gasteiger partial charge in [-0.25, -0.2) is 9.67 Å². The van der Waals surface area contributed by atoms with Crippen LogP contribution in [0.25, 0.3) is 0 Å². The summed E-state index contributed by atoms with van der Waals surface area (Å²) in [6.45, 7) is 7.63. The highest BCUT2D eigenvalue weighted by Crippen LogP contribution is 2.41. The summed E-state index contributed by atoms with van der Waals surface area (Å²) < 4.78 is 19.9. The topological polar surface area (TPSA) is 58.4 Å². The molecule has 2 heterocycles. The van der Waals surface area contributed by atoms with Crippen molar-refractivity contribution in [3.05, 3.63) is 41.9 Å². The standard InChI is InChI=1S/C17H22ClN3O3/c1-16(2,3)17(10-21-12-19-11-20-21)23-9-15(24-17)8-22-14-6-4-13(18)5-7-14/h4-7,11-12,15H,8-10H2,1-3H3. The van der Waals surface area contributed by atoms with E-state index in [1.165, 1.54) is 6.33 Å². The van der Waals surface area contributed by atoms with Crippen molar-refractivity contribution >= 4 is 11.6 Å². The molecule has 2 aromatic rings. The van der Waals surface area contributed by atoms with Crippen molar-refractivity contribution in [1.82, 2.24) is 14.8 Å². The Kier molecular flexibility index (Phi) is 4.80. The maximum Gasteiger partial charge on any atom is 0.193 e. The molecule has 1 aromatic heterocycles. The van der Waals surface area contributed by atoms with E-state index in [9.17, 15) is 0 Å². The molecular formula is C17H22ClN3O3. The summed E-state index contributed by atoms with van der Waals surface area (Å²) in [5, 5.41) is 4.85. The quantitative estimate of drug-likeness (QED) is 0.828. The van der Waals surface area contributed by atoms with Crippen LogP contribution in [-0.2, 0) is 16.0 Å². The van der Waals surface area contributed by atoms with Crippen molar-refractivity contribution in [3.63, 3.8) is 0 Å². The van der Waals surface area contributed by atoms with Gasteiger partial charge in [-0.15, -0.1) is 0 Å². The SMILES string of the molecule is CC(C)(C)C1(Cn2cncn2)OCC(COc2ccc(Cl)cc2)O1. The normalized spacial score (nSPS) is 24.2. The van der Waals surface area contributed by atoms with Crippen LogP contribution in [0.1, 0.15) is 20.8 Å².